The lowest BCUT2D eigenvalue weighted by molar-refractivity contribution is 0.211. The standard InChI is InChI=1S/C11H15FN2O/c1-8(2)14(3)11(15)13-10-6-4-9(12)5-7-10/h4-8H,1-3H3,(H,13,15). The minimum Gasteiger partial charge on any atom is -0.325 e. The minimum atomic E-state index is -0.315. The lowest BCUT2D eigenvalue weighted by Crippen LogP contribution is -2.36. The Hall–Kier alpha value is -1.58. The molecule has 0 heterocycles. The molecule has 1 aromatic rings. The summed E-state index contributed by atoms with van der Waals surface area (Å²) in [6.45, 7) is 3.84. The highest BCUT2D eigenvalue weighted by Crippen LogP contribution is 2.09. The average Bonchev–Trinajstić information content (AvgIpc) is 2.20. The molecule has 0 unspecified atom stereocenters. The van der Waals surface area contributed by atoms with E-state index < -0.39 is 0 Å². The van der Waals surface area contributed by atoms with Crippen LogP contribution in [0, 0.1) is 5.82 Å². The van der Waals surface area contributed by atoms with Crippen molar-refractivity contribution in [3.63, 3.8) is 0 Å². The van der Waals surface area contributed by atoms with Gasteiger partial charge >= 0.3 is 6.03 Å². The Bertz CT molecular complexity index is 335. The number of hydrogen-bond donors (Lipinski definition) is 1. The van der Waals surface area contributed by atoms with Gasteiger partial charge in [0.25, 0.3) is 0 Å². The highest BCUT2D eigenvalue weighted by molar-refractivity contribution is 5.89. The third-order valence-electron chi connectivity index (χ3n) is 2.19. The third kappa shape index (κ3) is 3.23. The van der Waals surface area contributed by atoms with Gasteiger partial charge in [-0.25, -0.2) is 9.18 Å². The van der Waals surface area contributed by atoms with E-state index in [4.69, 9.17) is 0 Å². The number of urea groups is 1. The van der Waals surface area contributed by atoms with Crippen molar-refractivity contribution in [1.82, 2.24) is 4.90 Å². The van der Waals surface area contributed by atoms with E-state index in [0.29, 0.717) is 5.69 Å². The van der Waals surface area contributed by atoms with Crippen LogP contribution in [0.25, 0.3) is 0 Å². The van der Waals surface area contributed by atoms with Crippen molar-refractivity contribution in [1.29, 1.82) is 0 Å². The maximum absolute atomic E-state index is 12.6. The maximum atomic E-state index is 12.6. The van der Waals surface area contributed by atoms with E-state index in [0.717, 1.165) is 0 Å². The molecule has 82 valence electrons. The molecule has 0 radical (unpaired) electrons. The molecule has 0 saturated carbocycles. The van der Waals surface area contributed by atoms with E-state index in [1.54, 1.807) is 11.9 Å². The second-order valence-electron chi connectivity index (χ2n) is 3.64. The SMILES string of the molecule is CC(C)N(C)C(=O)Nc1ccc(F)cc1. The minimum absolute atomic E-state index is 0.130. The van der Waals surface area contributed by atoms with Crippen LogP contribution in [0.5, 0.6) is 0 Å². The molecule has 0 aliphatic heterocycles. The first-order valence-electron chi connectivity index (χ1n) is 4.80. The summed E-state index contributed by atoms with van der Waals surface area (Å²) in [5.74, 6) is -0.315. The van der Waals surface area contributed by atoms with E-state index in [1.165, 1.54) is 24.3 Å². The van der Waals surface area contributed by atoms with Crippen molar-refractivity contribution in [2.75, 3.05) is 12.4 Å². The fourth-order valence-electron chi connectivity index (χ4n) is 0.979. The third-order valence-corrected chi connectivity index (χ3v) is 2.19. The largest absolute Gasteiger partial charge is 0.325 e. The summed E-state index contributed by atoms with van der Waals surface area (Å²) >= 11 is 0. The number of benzene rings is 1. The molecule has 3 nitrogen and oxygen atoms in total. The average molecular weight is 210 g/mol. The first-order chi connectivity index (χ1) is 7.00. The Labute approximate surface area is 88.9 Å². The number of amides is 2. The molecular formula is C11H15FN2O. The molecule has 0 aliphatic rings. The molecule has 0 atom stereocenters. The van der Waals surface area contributed by atoms with Crippen LogP contribution in [-0.2, 0) is 0 Å². The molecule has 15 heavy (non-hydrogen) atoms. The van der Waals surface area contributed by atoms with Crippen LogP contribution in [0.3, 0.4) is 0 Å². The van der Waals surface area contributed by atoms with Gasteiger partial charge in [-0.3, -0.25) is 0 Å². The van der Waals surface area contributed by atoms with E-state index in [-0.39, 0.29) is 17.9 Å². The van der Waals surface area contributed by atoms with Crippen LogP contribution in [0.4, 0.5) is 14.9 Å². The van der Waals surface area contributed by atoms with Gasteiger partial charge < -0.3 is 10.2 Å². The number of halogens is 1. The second-order valence-corrected chi connectivity index (χ2v) is 3.64. The summed E-state index contributed by atoms with van der Waals surface area (Å²) in [6, 6.07) is 5.61. The van der Waals surface area contributed by atoms with Gasteiger partial charge in [0.15, 0.2) is 0 Å². The van der Waals surface area contributed by atoms with Gasteiger partial charge in [-0.2, -0.15) is 0 Å². The maximum Gasteiger partial charge on any atom is 0.321 e. The number of hydrogen-bond acceptors (Lipinski definition) is 1. The topological polar surface area (TPSA) is 32.3 Å². The molecule has 1 aromatic carbocycles. The fraction of sp³-hybridized carbons (Fsp3) is 0.364. The Morgan fingerprint density at radius 2 is 1.87 bits per heavy atom. The molecule has 0 aromatic heterocycles. The zero-order chi connectivity index (χ0) is 11.4. The van der Waals surface area contributed by atoms with Crippen LogP contribution < -0.4 is 5.32 Å². The highest BCUT2D eigenvalue weighted by Gasteiger charge is 2.11. The quantitative estimate of drug-likeness (QED) is 0.799. The molecule has 2 amide bonds. The molecular weight excluding hydrogens is 195 g/mol. The lowest BCUT2D eigenvalue weighted by atomic mass is 10.3. The number of nitrogens with one attached hydrogen (secondary N) is 1. The highest BCUT2D eigenvalue weighted by atomic mass is 19.1. The number of carbonyl (C=O) groups excluding carboxylic acids is 1. The summed E-state index contributed by atoms with van der Waals surface area (Å²) in [6.07, 6.45) is 0. The van der Waals surface area contributed by atoms with Gasteiger partial charge in [-0.1, -0.05) is 0 Å². The van der Waals surface area contributed by atoms with Gasteiger partial charge in [-0.15, -0.1) is 0 Å². The zero-order valence-corrected chi connectivity index (χ0v) is 9.12. The van der Waals surface area contributed by atoms with Crippen molar-refractivity contribution in [3.8, 4) is 0 Å². The normalized spacial score (nSPS) is 10.2. The summed E-state index contributed by atoms with van der Waals surface area (Å²) in [5.41, 5.74) is 0.592. The van der Waals surface area contributed by atoms with Gasteiger partial charge in [0.2, 0.25) is 0 Å². The van der Waals surface area contributed by atoms with Crippen molar-refractivity contribution in [2.45, 2.75) is 19.9 Å². The van der Waals surface area contributed by atoms with Crippen molar-refractivity contribution < 1.29 is 9.18 Å². The molecule has 0 fully saturated rings. The molecule has 0 saturated heterocycles. The van der Waals surface area contributed by atoms with Crippen molar-refractivity contribution in [3.05, 3.63) is 30.1 Å². The van der Waals surface area contributed by atoms with E-state index in [1.807, 2.05) is 13.8 Å². The first-order valence-corrected chi connectivity index (χ1v) is 4.80. The molecule has 0 aliphatic carbocycles. The summed E-state index contributed by atoms with van der Waals surface area (Å²) in [4.78, 5) is 13.1. The Kier molecular flexibility index (Phi) is 3.66. The molecule has 0 bridgehead atoms. The van der Waals surface area contributed by atoms with Crippen LogP contribution >= 0.6 is 0 Å². The lowest BCUT2D eigenvalue weighted by Gasteiger charge is -2.21. The van der Waals surface area contributed by atoms with E-state index in [9.17, 15) is 9.18 Å². The Balaban J connectivity index is 2.62. The monoisotopic (exact) mass is 210 g/mol. The predicted octanol–water partition coefficient (Wildman–Crippen LogP) is 2.70. The number of nitrogens with zero attached hydrogens (tertiary/aromatic N) is 1. The Morgan fingerprint density at radius 3 is 2.33 bits per heavy atom. The van der Waals surface area contributed by atoms with Gasteiger partial charge in [0.05, 0.1) is 0 Å². The van der Waals surface area contributed by atoms with E-state index >= 15 is 0 Å². The summed E-state index contributed by atoms with van der Waals surface area (Å²) < 4.78 is 12.6. The summed E-state index contributed by atoms with van der Waals surface area (Å²) in [7, 11) is 1.71. The van der Waals surface area contributed by atoms with Gasteiger partial charge in [0.1, 0.15) is 5.82 Å². The van der Waals surface area contributed by atoms with Crippen molar-refractivity contribution in [2.24, 2.45) is 0 Å². The second kappa shape index (κ2) is 4.77. The first kappa shape index (κ1) is 11.5. The number of rotatable bonds is 2. The van der Waals surface area contributed by atoms with Gasteiger partial charge in [0, 0.05) is 18.8 Å². The van der Waals surface area contributed by atoms with Crippen LogP contribution in [0.2, 0.25) is 0 Å². The smallest absolute Gasteiger partial charge is 0.321 e. The molecule has 1 N–H and O–H groups in total. The Morgan fingerprint density at radius 1 is 1.33 bits per heavy atom. The molecule has 0 spiro atoms. The zero-order valence-electron chi connectivity index (χ0n) is 9.12. The molecule has 1 rings (SSSR count). The fourth-order valence-corrected chi connectivity index (χ4v) is 0.979. The predicted molar refractivity (Wildman–Crippen MR) is 58.3 cm³/mol. The van der Waals surface area contributed by atoms with Crippen molar-refractivity contribution >= 4 is 11.7 Å². The molecule has 4 heteroatoms. The van der Waals surface area contributed by atoms with Crippen LogP contribution in [0.1, 0.15) is 13.8 Å². The number of anilines is 1. The summed E-state index contributed by atoms with van der Waals surface area (Å²) in [5, 5.41) is 2.67. The van der Waals surface area contributed by atoms with Gasteiger partial charge in [-0.05, 0) is 38.1 Å². The number of carbonyl (C=O) groups is 1. The van der Waals surface area contributed by atoms with E-state index in [2.05, 4.69) is 5.32 Å². The van der Waals surface area contributed by atoms with Crippen LogP contribution in [0.15, 0.2) is 24.3 Å². The van der Waals surface area contributed by atoms with Crippen LogP contribution in [-0.4, -0.2) is 24.0 Å².